The zero-order valence-corrected chi connectivity index (χ0v) is 14.1. The van der Waals surface area contributed by atoms with E-state index in [1.54, 1.807) is 0 Å². The second-order valence-electron chi connectivity index (χ2n) is 8.54. The van der Waals surface area contributed by atoms with Crippen LogP contribution in [-0.4, -0.2) is 47.3 Å². The van der Waals surface area contributed by atoms with Gasteiger partial charge in [0, 0.05) is 24.7 Å². The average molecular weight is 294 g/mol. The fraction of sp³-hybridized carbons (Fsp3) is 1.00. The molecule has 2 N–H and O–H groups in total. The minimum Gasteiger partial charge on any atom is -0.393 e. The molecule has 0 radical (unpaired) electrons. The van der Waals surface area contributed by atoms with Crippen molar-refractivity contribution in [3.05, 3.63) is 0 Å². The maximum Gasteiger partial charge on any atom is 0.0570 e. The molecule has 21 heavy (non-hydrogen) atoms. The van der Waals surface area contributed by atoms with Gasteiger partial charge in [-0.1, -0.05) is 20.8 Å². The Bertz CT molecular complexity index is 343. The van der Waals surface area contributed by atoms with E-state index in [1.807, 2.05) is 0 Å². The van der Waals surface area contributed by atoms with Crippen molar-refractivity contribution in [3.63, 3.8) is 0 Å². The first-order chi connectivity index (χ1) is 9.98. The molecule has 2 saturated heterocycles. The number of nitrogens with one attached hydrogen (secondary N) is 1. The van der Waals surface area contributed by atoms with Gasteiger partial charge in [0.25, 0.3) is 0 Å². The van der Waals surface area contributed by atoms with E-state index in [1.165, 1.54) is 38.6 Å². The molecule has 0 spiro atoms. The summed E-state index contributed by atoms with van der Waals surface area (Å²) in [6, 6.07) is 2.02. The predicted octanol–water partition coefficient (Wildman–Crippen LogP) is 2.78. The number of piperidine rings is 1. The van der Waals surface area contributed by atoms with E-state index >= 15 is 0 Å². The molecule has 0 aromatic carbocycles. The average Bonchev–Trinajstić information content (AvgIpc) is 2.65. The second-order valence-corrected chi connectivity index (χ2v) is 8.54. The van der Waals surface area contributed by atoms with Gasteiger partial charge in [-0.25, -0.2) is 0 Å². The van der Waals surface area contributed by atoms with Gasteiger partial charge in [0.05, 0.1) is 6.10 Å². The van der Waals surface area contributed by atoms with Crippen molar-refractivity contribution in [3.8, 4) is 0 Å². The first-order valence-corrected chi connectivity index (χ1v) is 9.15. The molecule has 3 fully saturated rings. The summed E-state index contributed by atoms with van der Waals surface area (Å²) in [5, 5.41) is 13.7. The lowest BCUT2D eigenvalue weighted by atomic mass is 9.69. The smallest absolute Gasteiger partial charge is 0.0570 e. The van der Waals surface area contributed by atoms with E-state index < -0.39 is 0 Å². The number of rotatable bonds is 4. The Labute approximate surface area is 130 Å². The molecule has 2 bridgehead atoms. The summed E-state index contributed by atoms with van der Waals surface area (Å²) in [6.45, 7) is 9.46. The van der Waals surface area contributed by atoms with Gasteiger partial charge in [-0.2, -0.15) is 0 Å². The summed E-state index contributed by atoms with van der Waals surface area (Å²) >= 11 is 0. The molecule has 0 amide bonds. The van der Waals surface area contributed by atoms with Crippen LogP contribution in [-0.2, 0) is 0 Å². The third kappa shape index (κ3) is 3.46. The van der Waals surface area contributed by atoms with E-state index in [4.69, 9.17) is 0 Å². The molecule has 3 heteroatoms. The Morgan fingerprint density at radius 1 is 1.14 bits per heavy atom. The number of fused-ring (bicyclic) bond motifs is 2. The number of nitrogens with zero attached hydrogens (tertiary/aromatic N) is 1. The topological polar surface area (TPSA) is 35.5 Å². The van der Waals surface area contributed by atoms with Crippen LogP contribution in [0.15, 0.2) is 0 Å². The molecule has 3 nitrogen and oxygen atoms in total. The van der Waals surface area contributed by atoms with Gasteiger partial charge in [0.15, 0.2) is 0 Å². The summed E-state index contributed by atoms with van der Waals surface area (Å²) in [4.78, 5) is 2.77. The molecule has 2 heterocycles. The summed E-state index contributed by atoms with van der Waals surface area (Å²) in [5.74, 6) is 0.784. The Balaban J connectivity index is 1.66. The van der Waals surface area contributed by atoms with E-state index in [0.29, 0.717) is 23.5 Å². The molecule has 2 aliphatic heterocycles. The Kier molecular flexibility index (Phi) is 4.63. The van der Waals surface area contributed by atoms with Gasteiger partial charge < -0.3 is 10.4 Å². The highest BCUT2D eigenvalue weighted by molar-refractivity contribution is 4.98. The minimum atomic E-state index is -0.0360. The predicted molar refractivity (Wildman–Crippen MR) is 87.3 cm³/mol. The van der Waals surface area contributed by atoms with Crippen LogP contribution >= 0.6 is 0 Å². The minimum absolute atomic E-state index is 0.0360. The Morgan fingerprint density at radius 3 is 2.43 bits per heavy atom. The van der Waals surface area contributed by atoms with Gasteiger partial charge in [-0.3, -0.25) is 4.90 Å². The van der Waals surface area contributed by atoms with Crippen LogP contribution in [0.25, 0.3) is 0 Å². The van der Waals surface area contributed by atoms with Crippen molar-refractivity contribution in [1.82, 2.24) is 10.2 Å². The van der Waals surface area contributed by atoms with Crippen molar-refractivity contribution in [1.29, 1.82) is 0 Å². The van der Waals surface area contributed by atoms with Gasteiger partial charge in [-0.15, -0.1) is 0 Å². The van der Waals surface area contributed by atoms with Crippen molar-refractivity contribution >= 4 is 0 Å². The molecule has 4 unspecified atom stereocenters. The van der Waals surface area contributed by atoms with Crippen LogP contribution in [0.2, 0.25) is 0 Å². The quantitative estimate of drug-likeness (QED) is 0.837. The lowest BCUT2D eigenvalue weighted by molar-refractivity contribution is 0.0103. The van der Waals surface area contributed by atoms with Gasteiger partial charge >= 0.3 is 0 Å². The van der Waals surface area contributed by atoms with Crippen molar-refractivity contribution in [2.45, 2.75) is 89.9 Å². The zero-order valence-electron chi connectivity index (χ0n) is 14.1. The Morgan fingerprint density at radius 2 is 1.81 bits per heavy atom. The van der Waals surface area contributed by atoms with Gasteiger partial charge in [-0.05, 0) is 62.8 Å². The van der Waals surface area contributed by atoms with Crippen LogP contribution in [0, 0.1) is 11.3 Å². The summed E-state index contributed by atoms with van der Waals surface area (Å²) < 4.78 is 0. The van der Waals surface area contributed by atoms with E-state index in [2.05, 4.69) is 31.0 Å². The molecule has 0 aromatic rings. The van der Waals surface area contributed by atoms with Crippen molar-refractivity contribution in [2.75, 3.05) is 13.1 Å². The monoisotopic (exact) mass is 294 g/mol. The number of hydrogen-bond donors (Lipinski definition) is 2. The first-order valence-electron chi connectivity index (χ1n) is 9.15. The zero-order chi connectivity index (χ0) is 15.0. The van der Waals surface area contributed by atoms with Crippen LogP contribution in [0.1, 0.15) is 65.7 Å². The molecule has 4 atom stereocenters. The number of hydrogen-bond acceptors (Lipinski definition) is 3. The van der Waals surface area contributed by atoms with Gasteiger partial charge in [0.2, 0.25) is 0 Å². The van der Waals surface area contributed by atoms with Crippen LogP contribution in [0.3, 0.4) is 0 Å². The molecule has 122 valence electrons. The number of aliphatic hydroxyl groups excluding tert-OH is 1. The highest BCUT2D eigenvalue weighted by Gasteiger charge is 2.43. The maximum atomic E-state index is 9.99. The van der Waals surface area contributed by atoms with Crippen LogP contribution in [0.5, 0.6) is 0 Å². The van der Waals surface area contributed by atoms with Crippen molar-refractivity contribution < 1.29 is 5.11 Å². The summed E-state index contributed by atoms with van der Waals surface area (Å²) in [7, 11) is 0. The first kappa shape index (κ1) is 15.8. The molecule has 1 saturated carbocycles. The molecular formula is C18H34N2O. The third-order valence-electron chi connectivity index (χ3n) is 6.29. The van der Waals surface area contributed by atoms with Crippen LogP contribution in [0.4, 0.5) is 0 Å². The molecule has 1 aliphatic carbocycles. The maximum absolute atomic E-state index is 9.99. The lowest BCUT2D eigenvalue weighted by Gasteiger charge is -2.46. The highest BCUT2D eigenvalue weighted by Crippen LogP contribution is 2.42. The molecular weight excluding hydrogens is 260 g/mol. The molecule has 3 rings (SSSR count). The highest BCUT2D eigenvalue weighted by atomic mass is 16.3. The van der Waals surface area contributed by atoms with E-state index in [-0.39, 0.29) is 6.10 Å². The largest absolute Gasteiger partial charge is 0.393 e. The standard InChI is InChI=1S/C18H34N2O/c1-4-19-17-7-8-18(2,3)11-13(17)12-20-14-5-6-15(20)10-16(21)9-14/h13-17,19,21H,4-12H2,1-3H3. The third-order valence-corrected chi connectivity index (χ3v) is 6.29. The van der Waals surface area contributed by atoms with Gasteiger partial charge in [0.1, 0.15) is 0 Å². The fourth-order valence-electron chi connectivity index (χ4n) is 5.27. The summed E-state index contributed by atoms with van der Waals surface area (Å²) in [6.07, 6.45) is 8.64. The molecule has 3 aliphatic rings. The lowest BCUT2D eigenvalue weighted by Crippen LogP contribution is -2.52. The second kappa shape index (κ2) is 6.17. The number of aliphatic hydroxyl groups is 1. The SMILES string of the molecule is CCNC1CCC(C)(C)CC1CN1C2CCC1CC(O)C2. The van der Waals surface area contributed by atoms with Crippen molar-refractivity contribution in [2.24, 2.45) is 11.3 Å². The van der Waals surface area contributed by atoms with Crippen LogP contribution < -0.4 is 5.32 Å². The fourth-order valence-corrected chi connectivity index (χ4v) is 5.27. The van der Waals surface area contributed by atoms with E-state index in [0.717, 1.165) is 25.3 Å². The molecule has 0 aromatic heterocycles. The summed E-state index contributed by atoms with van der Waals surface area (Å²) in [5.41, 5.74) is 0.505. The Hall–Kier alpha value is -0.120. The van der Waals surface area contributed by atoms with E-state index in [9.17, 15) is 5.11 Å². The normalized spacial score (nSPS) is 43.1.